The number of carbonyl (C=O) groups excluding carboxylic acids is 1. The molecule has 130 valence electrons. The minimum Gasteiger partial charge on any atom is -0.496 e. The number of aromatic nitrogens is 1. The van der Waals surface area contributed by atoms with Gasteiger partial charge in [-0.25, -0.2) is 0 Å². The Morgan fingerprint density at radius 1 is 1.23 bits per heavy atom. The quantitative estimate of drug-likeness (QED) is 0.645. The number of nitrogen functional groups attached to an aromatic ring is 1. The van der Waals surface area contributed by atoms with E-state index in [9.17, 15) is 10.1 Å². The minimum absolute atomic E-state index is 0.190. The Hall–Kier alpha value is -3.04. The van der Waals surface area contributed by atoms with Gasteiger partial charge in [-0.15, -0.1) is 0 Å². The molecule has 0 amide bonds. The van der Waals surface area contributed by atoms with Gasteiger partial charge in [-0.1, -0.05) is 34.1 Å². The van der Waals surface area contributed by atoms with Gasteiger partial charge < -0.3 is 15.0 Å². The summed E-state index contributed by atoms with van der Waals surface area (Å²) in [4.78, 5) is 13.0. The van der Waals surface area contributed by atoms with E-state index in [1.807, 2.05) is 30.3 Å². The second kappa shape index (κ2) is 7.46. The van der Waals surface area contributed by atoms with Gasteiger partial charge in [0, 0.05) is 21.8 Å². The second-order valence-corrected chi connectivity index (χ2v) is 6.61. The molecule has 0 aliphatic heterocycles. The first-order valence-corrected chi connectivity index (χ1v) is 8.65. The molecule has 0 spiro atoms. The van der Waals surface area contributed by atoms with Gasteiger partial charge in [0.05, 0.1) is 24.9 Å². The zero-order valence-electron chi connectivity index (χ0n) is 14.1. The first-order chi connectivity index (χ1) is 12.5. The fourth-order valence-electron chi connectivity index (χ4n) is 2.79. The average molecular weight is 410 g/mol. The molecule has 1 aromatic heterocycles. The standard InChI is InChI=1S/C20H16BrN3O2/c1-26-17-5-3-2-4-14(17)11-24-12-15(10-22)18(23)19(24)20(25)13-6-8-16(21)9-7-13/h2-9,12H,11,23H2,1H3. The number of anilines is 1. The Kier molecular flexibility index (Phi) is 5.10. The molecule has 0 saturated carbocycles. The molecule has 0 bridgehead atoms. The van der Waals surface area contributed by atoms with Crippen molar-refractivity contribution >= 4 is 27.4 Å². The van der Waals surface area contributed by atoms with E-state index in [0.717, 1.165) is 10.0 Å². The van der Waals surface area contributed by atoms with Crippen molar-refractivity contribution in [1.82, 2.24) is 4.57 Å². The van der Waals surface area contributed by atoms with Gasteiger partial charge >= 0.3 is 0 Å². The summed E-state index contributed by atoms with van der Waals surface area (Å²) in [5.74, 6) is 0.478. The van der Waals surface area contributed by atoms with E-state index in [0.29, 0.717) is 23.6 Å². The third kappa shape index (κ3) is 3.35. The number of nitrogens with zero attached hydrogens (tertiary/aromatic N) is 2. The highest BCUT2D eigenvalue weighted by atomic mass is 79.9. The predicted octanol–water partition coefficient (Wildman–Crippen LogP) is 3.99. The molecule has 0 saturated heterocycles. The van der Waals surface area contributed by atoms with Crippen LogP contribution in [0, 0.1) is 11.3 Å². The molecular weight excluding hydrogens is 394 g/mol. The molecule has 26 heavy (non-hydrogen) atoms. The normalized spacial score (nSPS) is 10.3. The number of halogens is 1. The van der Waals surface area contributed by atoms with Crippen LogP contribution in [-0.4, -0.2) is 17.5 Å². The summed E-state index contributed by atoms with van der Waals surface area (Å²) in [6.07, 6.45) is 1.61. The van der Waals surface area contributed by atoms with Crippen molar-refractivity contribution in [1.29, 1.82) is 5.26 Å². The second-order valence-electron chi connectivity index (χ2n) is 5.69. The highest BCUT2D eigenvalue weighted by Crippen LogP contribution is 2.27. The summed E-state index contributed by atoms with van der Waals surface area (Å²) >= 11 is 3.36. The van der Waals surface area contributed by atoms with Crippen molar-refractivity contribution in [3.63, 3.8) is 0 Å². The summed E-state index contributed by atoms with van der Waals surface area (Å²) in [5.41, 5.74) is 8.26. The minimum atomic E-state index is -0.230. The van der Waals surface area contributed by atoms with Gasteiger partial charge in [0.25, 0.3) is 0 Å². The van der Waals surface area contributed by atoms with Crippen LogP contribution in [0.3, 0.4) is 0 Å². The Labute approximate surface area is 159 Å². The van der Waals surface area contributed by atoms with Gasteiger partial charge in [-0.2, -0.15) is 5.26 Å². The lowest BCUT2D eigenvalue weighted by Crippen LogP contribution is -2.13. The van der Waals surface area contributed by atoms with Gasteiger partial charge in [0.15, 0.2) is 0 Å². The largest absolute Gasteiger partial charge is 0.496 e. The van der Waals surface area contributed by atoms with Gasteiger partial charge in [0.1, 0.15) is 17.5 Å². The molecule has 2 N–H and O–H groups in total. The molecule has 3 rings (SSSR count). The van der Waals surface area contributed by atoms with Crippen LogP contribution in [0.2, 0.25) is 0 Å². The summed E-state index contributed by atoms with van der Waals surface area (Å²) in [5, 5.41) is 9.33. The van der Waals surface area contributed by atoms with Crippen LogP contribution in [0.5, 0.6) is 5.75 Å². The number of rotatable bonds is 5. The molecule has 3 aromatic rings. The number of hydrogen-bond donors (Lipinski definition) is 1. The molecule has 0 fully saturated rings. The molecule has 0 aliphatic rings. The Balaban J connectivity index is 2.07. The molecule has 0 unspecified atom stereocenters. The van der Waals surface area contributed by atoms with Gasteiger partial charge in [0.2, 0.25) is 5.78 Å². The smallest absolute Gasteiger partial charge is 0.211 e. The SMILES string of the molecule is COc1ccccc1Cn1cc(C#N)c(N)c1C(=O)c1ccc(Br)cc1. The van der Waals surface area contributed by atoms with Crippen molar-refractivity contribution in [3.05, 3.63) is 81.6 Å². The van der Waals surface area contributed by atoms with Crippen molar-refractivity contribution in [2.24, 2.45) is 0 Å². The van der Waals surface area contributed by atoms with E-state index < -0.39 is 0 Å². The average Bonchev–Trinajstić information content (AvgIpc) is 2.97. The molecule has 0 radical (unpaired) electrons. The molecule has 5 nitrogen and oxygen atoms in total. The summed E-state index contributed by atoms with van der Waals surface area (Å²) < 4.78 is 7.96. The van der Waals surface area contributed by atoms with Crippen molar-refractivity contribution in [2.45, 2.75) is 6.54 Å². The van der Waals surface area contributed by atoms with Crippen molar-refractivity contribution < 1.29 is 9.53 Å². The highest BCUT2D eigenvalue weighted by molar-refractivity contribution is 9.10. The first-order valence-electron chi connectivity index (χ1n) is 7.86. The lowest BCUT2D eigenvalue weighted by molar-refractivity contribution is 0.103. The van der Waals surface area contributed by atoms with Crippen molar-refractivity contribution in [3.8, 4) is 11.8 Å². The maximum Gasteiger partial charge on any atom is 0.211 e. The first kappa shape index (κ1) is 17.8. The third-order valence-corrected chi connectivity index (χ3v) is 4.62. The Bertz CT molecular complexity index is 1000. The molecule has 6 heteroatoms. The summed E-state index contributed by atoms with van der Waals surface area (Å²) in [7, 11) is 1.59. The number of carbonyl (C=O) groups is 1. The molecule has 0 aliphatic carbocycles. The van der Waals surface area contributed by atoms with Crippen LogP contribution >= 0.6 is 15.9 Å². The van der Waals surface area contributed by atoms with E-state index in [2.05, 4.69) is 15.9 Å². The number of benzene rings is 2. The number of para-hydroxylation sites is 1. The maximum atomic E-state index is 13.0. The van der Waals surface area contributed by atoms with Crippen LogP contribution < -0.4 is 10.5 Å². The maximum absolute atomic E-state index is 13.0. The lowest BCUT2D eigenvalue weighted by Gasteiger charge is -2.12. The van der Waals surface area contributed by atoms with Gasteiger partial charge in [-0.05, 0) is 30.3 Å². The third-order valence-electron chi connectivity index (χ3n) is 4.09. The van der Waals surface area contributed by atoms with E-state index in [1.165, 1.54) is 0 Å². The Morgan fingerprint density at radius 2 is 1.92 bits per heavy atom. The van der Waals surface area contributed by atoms with E-state index in [1.54, 1.807) is 42.1 Å². The van der Waals surface area contributed by atoms with E-state index in [-0.39, 0.29) is 17.0 Å². The number of ether oxygens (including phenoxy) is 1. The van der Waals surface area contributed by atoms with Crippen LogP contribution in [0.4, 0.5) is 5.69 Å². The van der Waals surface area contributed by atoms with Crippen LogP contribution in [0.25, 0.3) is 0 Å². The zero-order valence-corrected chi connectivity index (χ0v) is 15.7. The summed E-state index contributed by atoms with van der Waals surface area (Å²) in [6, 6.07) is 16.6. The van der Waals surface area contributed by atoms with E-state index >= 15 is 0 Å². The van der Waals surface area contributed by atoms with E-state index in [4.69, 9.17) is 10.5 Å². The molecular formula is C20H16BrN3O2. The highest BCUT2D eigenvalue weighted by Gasteiger charge is 2.22. The molecule has 0 atom stereocenters. The predicted molar refractivity (Wildman–Crippen MR) is 103 cm³/mol. The van der Waals surface area contributed by atoms with Crippen LogP contribution in [0.15, 0.2) is 59.2 Å². The van der Waals surface area contributed by atoms with Crippen LogP contribution in [0.1, 0.15) is 27.2 Å². The molecule has 2 aromatic carbocycles. The zero-order chi connectivity index (χ0) is 18.7. The Morgan fingerprint density at radius 3 is 2.58 bits per heavy atom. The number of nitriles is 1. The number of ketones is 1. The lowest BCUT2D eigenvalue weighted by atomic mass is 10.1. The number of methoxy groups -OCH3 is 1. The number of nitrogens with two attached hydrogens (primary N) is 1. The van der Waals surface area contributed by atoms with Crippen LogP contribution in [-0.2, 0) is 6.54 Å². The fraction of sp³-hybridized carbons (Fsp3) is 0.100. The van der Waals surface area contributed by atoms with Crippen molar-refractivity contribution in [2.75, 3.05) is 12.8 Å². The monoisotopic (exact) mass is 409 g/mol. The number of hydrogen-bond acceptors (Lipinski definition) is 4. The van der Waals surface area contributed by atoms with Gasteiger partial charge in [-0.3, -0.25) is 4.79 Å². The fourth-order valence-corrected chi connectivity index (χ4v) is 3.06. The topological polar surface area (TPSA) is 81.0 Å². The molecule has 1 heterocycles. The summed E-state index contributed by atoms with van der Waals surface area (Å²) in [6.45, 7) is 0.369.